The van der Waals surface area contributed by atoms with Crippen LogP contribution in [0.25, 0.3) is 22.1 Å². The third-order valence-corrected chi connectivity index (χ3v) is 4.74. The highest BCUT2D eigenvalue weighted by molar-refractivity contribution is 7.99. The van der Waals surface area contributed by atoms with Crippen molar-refractivity contribution in [2.75, 3.05) is 5.75 Å². The number of rotatable bonds is 4. The van der Waals surface area contributed by atoms with E-state index in [9.17, 15) is 10.0 Å². The van der Waals surface area contributed by atoms with Crippen molar-refractivity contribution < 1.29 is 14.3 Å². The summed E-state index contributed by atoms with van der Waals surface area (Å²) < 4.78 is 6.35. The van der Waals surface area contributed by atoms with Crippen LogP contribution in [-0.2, 0) is 7.05 Å². The highest BCUT2D eigenvalue weighted by Crippen LogP contribution is 2.26. The third-order valence-electron chi connectivity index (χ3n) is 3.91. The van der Waals surface area contributed by atoms with E-state index in [-0.39, 0.29) is 27.8 Å². The average Bonchev–Trinajstić information content (AvgIpc) is 3.11. The van der Waals surface area contributed by atoms with Crippen molar-refractivity contribution in [3.05, 3.63) is 40.9 Å². The highest BCUT2D eigenvalue weighted by atomic mass is 32.2. The lowest BCUT2D eigenvalue weighted by atomic mass is 10.2. The molecule has 9 nitrogen and oxygen atoms in total. The highest BCUT2D eigenvalue weighted by Gasteiger charge is 2.23. The molecule has 25 heavy (non-hydrogen) atoms. The molecule has 0 saturated heterocycles. The lowest BCUT2D eigenvalue weighted by Gasteiger charge is -1.99. The number of carbonyl (C=O) groups is 1. The minimum atomic E-state index is -0.332. The Labute approximate surface area is 145 Å². The van der Waals surface area contributed by atoms with Crippen LogP contribution in [0.5, 0.6) is 0 Å². The van der Waals surface area contributed by atoms with Gasteiger partial charge in [-0.05, 0) is 11.0 Å². The van der Waals surface area contributed by atoms with E-state index in [0.717, 1.165) is 22.7 Å². The number of aryl methyl sites for hydroxylation is 1. The molecule has 0 unspecified atom stereocenters. The maximum Gasteiger partial charge on any atom is 0.287 e. The molecule has 0 aliphatic rings. The van der Waals surface area contributed by atoms with Crippen LogP contribution in [0.15, 0.2) is 34.1 Å². The number of carbonyl (C=O) groups excluding carboxylic acids is 1. The number of ketones is 1. The minimum absolute atomic E-state index is 0.0149. The molecular formula is C15H12N6O3S. The number of hydrogen-bond donors (Lipinski definition) is 0. The van der Waals surface area contributed by atoms with Crippen molar-refractivity contribution in [3.63, 3.8) is 0 Å². The smallest absolute Gasteiger partial charge is 0.287 e. The molecule has 0 atom stereocenters. The molecule has 0 radical (unpaired) electrons. The summed E-state index contributed by atoms with van der Waals surface area (Å²) in [5, 5.41) is 24.3. The molecule has 0 bridgehead atoms. The Hall–Kier alpha value is -3.01. The van der Waals surface area contributed by atoms with Crippen molar-refractivity contribution >= 4 is 39.6 Å². The van der Waals surface area contributed by atoms with Gasteiger partial charge in [-0.1, -0.05) is 30.0 Å². The predicted octanol–water partition coefficient (Wildman–Crippen LogP) is 1.42. The second-order valence-corrected chi connectivity index (χ2v) is 6.36. The summed E-state index contributed by atoms with van der Waals surface area (Å²) in [7, 11) is 1.91. The van der Waals surface area contributed by atoms with Crippen LogP contribution >= 0.6 is 11.8 Å². The summed E-state index contributed by atoms with van der Waals surface area (Å²) in [5.74, 6) is -0.300. The fraction of sp³-hybridized carbons (Fsp3) is 0.200. The molecule has 126 valence electrons. The van der Waals surface area contributed by atoms with Gasteiger partial charge < -0.3 is 9.77 Å². The van der Waals surface area contributed by atoms with Gasteiger partial charge in [0.15, 0.2) is 5.65 Å². The zero-order valence-electron chi connectivity index (χ0n) is 13.3. The Balaban J connectivity index is 1.62. The van der Waals surface area contributed by atoms with Gasteiger partial charge in [0.2, 0.25) is 16.6 Å². The molecule has 3 aromatic heterocycles. The predicted molar refractivity (Wildman–Crippen MR) is 89.1 cm³/mol. The zero-order valence-corrected chi connectivity index (χ0v) is 14.1. The summed E-state index contributed by atoms with van der Waals surface area (Å²) in [4.78, 5) is 16.8. The van der Waals surface area contributed by atoms with E-state index in [1.165, 1.54) is 6.92 Å². The number of fused-ring (bicyclic) bond motifs is 3. The van der Waals surface area contributed by atoms with Gasteiger partial charge in [0.25, 0.3) is 5.69 Å². The Morgan fingerprint density at radius 2 is 2.16 bits per heavy atom. The molecule has 4 aromatic rings. The minimum Gasteiger partial charge on any atom is -0.359 e. The van der Waals surface area contributed by atoms with Crippen LogP contribution in [-0.4, -0.2) is 36.4 Å². The molecule has 3 heterocycles. The van der Waals surface area contributed by atoms with E-state index in [1.807, 2.05) is 35.9 Å². The van der Waals surface area contributed by atoms with Gasteiger partial charge in [-0.3, -0.25) is 9.42 Å². The summed E-state index contributed by atoms with van der Waals surface area (Å²) in [6.45, 7) is 1.47. The number of nitrogens with zero attached hydrogens (tertiary/aromatic N) is 6. The van der Waals surface area contributed by atoms with Gasteiger partial charge in [0.1, 0.15) is 5.52 Å². The summed E-state index contributed by atoms with van der Waals surface area (Å²) in [5.41, 5.74) is 2.57. The molecule has 0 saturated carbocycles. The first-order valence-corrected chi connectivity index (χ1v) is 8.35. The van der Waals surface area contributed by atoms with E-state index >= 15 is 0 Å². The quantitative estimate of drug-likeness (QED) is 0.306. The van der Waals surface area contributed by atoms with Gasteiger partial charge >= 0.3 is 0 Å². The van der Waals surface area contributed by atoms with Crippen molar-refractivity contribution in [2.45, 2.75) is 12.1 Å². The molecule has 0 aliphatic carbocycles. The molecule has 0 spiro atoms. The van der Waals surface area contributed by atoms with E-state index in [2.05, 4.69) is 25.0 Å². The average molecular weight is 356 g/mol. The van der Waals surface area contributed by atoms with Crippen LogP contribution < -0.4 is 4.90 Å². The third kappa shape index (κ3) is 2.50. The molecule has 1 aromatic carbocycles. The maximum atomic E-state index is 12.1. The van der Waals surface area contributed by atoms with Gasteiger partial charge in [-0.25, -0.2) is 4.98 Å². The molecular weight excluding hydrogens is 344 g/mol. The largest absolute Gasteiger partial charge is 0.359 e. The summed E-state index contributed by atoms with van der Waals surface area (Å²) >= 11 is 1.13. The first kappa shape index (κ1) is 15.5. The first-order chi connectivity index (χ1) is 12.1. The van der Waals surface area contributed by atoms with Crippen molar-refractivity contribution in [2.24, 2.45) is 7.05 Å². The fourth-order valence-electron chi connectivity index (χ4n) is 2.60. The van der Waals surface area contributed by atoms with E-state index in [0.29, 0.717) is 16.3 Å². The fourth-order valence-corrected chi connectivity index (χ4v) is 3.24. The summed E-state index contributed by atoms with van der Waals surface area (Å²) in [6.07, 6.45) is 0. The van der Waals surface area contributed by atoms with Gasteiger partial charge in [-0.2, -0.15) is 0 Å². The number of para-hydroxylation sites is 1. The summed E-state index contributed by atoms with van der Waals surface area (Å²) in [6, 6.07) is 7.84. The van der Waals surface area contributed by atoms with E-state index in [4.69, 9.17) is 0 Å². The molecule has 10 heteroatoms. The lowest BCUT2D eigenvalue weighted by Crippen LogP contribution is -2.26. The number of hydrogen-bond acceptors (Lipinski definition) is 8. The topological polar surface area (TPSA) is 114 Å². The second kappa shape index (κ2) is 5.81. The lowest BCUT2D eigenvalue weighted by molar-refractivity contribution is -0.806. The maximum absolute atomic E-state index is 12.1. The Morgan fingerprint density at radius 3 is 2.92 bits per heavy atom. The van der Waals surface area contributed by atoms with Gasteiger partial charge in [-0.15, -0.1) is 10.2 Å². The molecule has 0 fully saturated rings. The van der Waals surface area contributed by atoms with Crippen molar-refractivity contribution in [3.8, 4) is 0 Å². The van der Waals surface area contributed by atoms with E-state index in [1.54, 1.807) is 0 Å². The first-order valence-electron chi connectivity index (χ1n) is 7.36. The van der Waals surface area contributed by atoms with Crippen molar-refractivity contribution in [1.29, 1.82) is 0 Å². The van der Waals surface area contributed by atoms with Crippen LogP contribution in [0, 0.1) is 12.1 Å². The molecule has 0 aliphatic heterocycles. The number of Topliss-reactive ketones (excluding diaryl/α,β-unsaturated/α-hetero) is 1. The van der Waals surface area contributed by atoms with Gasteiger partial charge in [0, 0.05) is 24.5 Å². The second-order valence-electron chi connectivity index (χ2n) is 5.42. The van der Waals surface area contributed by atoms with E-state index < -0.39 is 0 Å². The van der Waals surface area contributed by atoms with Gasteiger partial charge in [0.05, 0.1) is 11.3 Å². The SMILES string of the molecule is Cc1c(C(=O)CSc2nnc3c4ccccc4n(C)c3n2)no[n+]1[O-]. The van der Waals surface area contributed by atoms with Crippen LogP contribution in [0.1, 0.15) is 16.2 Å². The normalized spacial score (nSPS) is 11.4. The van der Waals surface area contributed by atoms with Crippen LogP contribution in [0.2, 0.25) is 0 Å². The standard InChI is InChI=1S/C15H12N6O3S/c1-8-12(19-24-21(8)23)11(22)7-25-15-16-14-13(17-18-15)9-5-3-4-6-10(9)20(14)2/h3-6H,7H2,1-2H3. The Bertz CT molecular complexity index is 1120. The number of aromatic nitrogens is 6. The van der Waals surface area contributed by atoms with Crippen LogP contribution in [0.3, 0.4) is 0 Å². The Kier molecular flexibility index (Phi) is 3.61. The van der Waals surface area contributed by atoms with Crippen LogP contribution in [0.4, 0.5) is 0 Å². The molecule has 4 rings (SSSR count). The monoisotopic (exact) mass is 356 g/mol. The van der Waals surface area contributed by atoms with Crippen molar-refractivity contribution in [1.82, 2.24) is 24.9 Å². The molecule has 0 amide bonds. The number of thioether (sulfide) groups is 1. The zero-order chi connectivity index (χ0) is 17.6. The molecule has 0 N–H and O–H groups in total. The Morgan fingerprint density at radius 1 is 1.36 bits per heavy atom. The number of benzene rings is 1.